The van der Waals surface area contributed by atoms with Crippen LogP contribution in [0.2, 0.25) is 0 Å². The van der Waals surface area contributed by atoms with Gasteiger partial charge in [0.1, 0.15) is 6.61 Å². The molecule has 2 N–H and O–H groups in total. The number of ether oxygens (including phenoxy) is 3. The van der Waals surface area contributed by atoms with Crippen molar-refractivity contribution in [3.05, 3.63) is 59.7 Å². The molecule has 158 valence electrons. The number of benzene rings is 2. The number of amides is 1. The van der Waals surface area contributed by atoms with Gasteiger partial charge < -0.3 is 24.8 Å². The Morgan fingerprint density at radius 2 is 1.97 bits per heavy atom. The first-order chi connectivity index (χ1) is 13.7. The highest BCUT2D eigenvalue weighted by Crippen LogP contribution is 2.28. The average molecular weight is 421 g/mol. The van der Waals surface area contributed by atoms with Gasteiger partial charge in [-0.1, -0.05) is 36.4 Å². The average Bonchev–Trinajstić information content (AvgIpc) is 3.25. The highest BCUT2D eigenvalue weighted by Gasteiger charge is 2.15. The maximum atomic E-state index is 12.0. The van der Waals surface area contributed by atoms with Gasteiger partial charge in [0, 0.05) is 19.7 Å². The van der Waals surface area contributed by atoms with E-state index in [0.717, 1.165) is 30.6 Å². The van der Waals surface area contributed by atoms with Gasteiger partial charge in [0.25, 0.3) is 0 Å². The Morgan fingerprint density at radius 3 is 2.69 bits per heavy atom. The number of hydrogen-bond acceptors (Lipinski definition) is 5. The lowest BCUT2D eigenvalue weighted by Gasteiger charge is -2.13. The first-order valence-electron chi connectivity index (χ1n) is 9.67. The highest BCUT2D eigenvalue weighted by molar-refractivity contribution is 5.85. The number of carbonyl (C=O) groups is 1. The van der Waals surface area contributed by atoms with Crippen LogP contribution in [0.25, 0.3) is 0 Å². The van der Waals surface area contributed by atoms with Crippen molar-refractivity contribution in [2.45, 2.75) is 32.1 Å². The molecule has 1 amide bonds. The van der Waals surface area contributed by atoms with Crippen LogP contribution in [0.15, 0.2) is 48.5 Å². The zero-order valence-corrected chi connectivity index (χ0v) is 17.5. The second kappa shape index (κ2) is 12.3. The molecule has 1 aliphatic heterocycles. The molecular weight excluding hydrogens is 392 g/mol. The van der Waals surface area contributed by atoms with Crippen molar-refractivity contribution in [1.82, 2.24) is 10.6 Å². The molecule has 0 bridgehead atoms. The zero-order chi connectivity index (χ0) is 19.6. The second-order valence-corrected chi connectivity index (χ2v) is 6.80. The van der Waals surface area contributed by atoms with Crippen LogP contribution < -0.4 is 20.1 Å². The molecule has 0 saturated carbocycles. The predicted octanol–water partition coefficient (Wildman–Crippen LogP) is 3.08. The van der Waals surface area contributed by atoms with E-state index in [1.165, 1.54) is 0 Å². The SMILES string of the molecule is COc1cc(CNC(=O)CNCC2CCCO2)ccc1OCc1ccccc1.Cl. The van der Waals surface area contributed by atoms with E-state index in [-0.39, 0.29) is 31.0 Å². The lowest BCUT2D eigenvalue weighted by Crippen LogP contribution is -2.36. The molecule has 0 aromatic heterocycles. The summed E-state index contributed by atoms with van der Waals surface area (Å²) >= 11 is 0. The quantitative estimate of drug-likeness (QED) is 0.618. The first kappa shape index (κ1) is 23.0. The molecule has 1 unspecified atom stereocenters. The van der Waals surface area contributed by atoms with Gasteiger partial charge in [0.2, 0.25) is 5.91 Å². The normalized spacial score (nSPS) is 15.4. The van der Waals surface area contributed by atoms with Crippen LogP contribution in [0.4, 0.5) is 0 Å². The molecule has 0 spiro atoms. The van der Waals surface area contributed by atoms with E-state index in [0.29, 0.717) is 31.2 Å². The van der Waals surface area contributed by atoms with Gasteiger partial charge in [-0.15, -0.1) is 12.4 Å². The number of hydrogen-bond donors (Lipinski definition) is 2. The Bertz CT molecular complexity index is 752. The van der Waals surface area contributed by atoms with E-state index in [4.69, 9.17) is 14.2 Å². The summed E-state index contributed by atoms with van der Waals surface area (Å²) in [6.45, 7) is 2.74. The van der Waals surface area contributed by atoms with Gasteiger partial charge in [0.05, 0.1) is 19.8 Å². The summed E-state index contributed by atoms with van der Waals surface area (Å²) < 4.78 is 16.8. The van der Waals surface area contributed by atoms with Gasteiger partial charge >= 0.3 is 0 Å². The minimum atomic E-state index is -0.0404. The molecule has 3 rings (SSSR count). The van der Waals surface area contributed by atoms with Crippen LogP contribution in [-0.2, 0) is 22.7 Å². The molecule has 1 fully saturated rings. The fourth-order valence-corrected chi connectivity index (χ4v) is 3.09. The van der Waals surface area contributed by atoms with E-state index >= 15 is 0 Å². The number of rotatable bonds is 10. The first-order valence-corrected chi connectivity index (χ1v) is 9.67. The maximum Gasteiger partial charge on any atom is 0.234 e. The summed E-state index contributed by atoms with van der Waals surface area (Å²) in [7, 11) is 1.61. The smallest absolute Gasteiger partial charge is 0.234 e. The van der Waals surface area contributed by atoms with Gasteiger partial charge in [-0.05, 0) is 36.1 Å². The molecule has 1 aliphatic rings. The summed E-state index contributed by atoms with van der Waals surface area (Å²) in [6, 6.07) is 15.7. The van der Waals surface area contributed by atoms with Crippen LogP contribution in [0.3, 0.4) is 0 Å². The van der Waals surface area contributed by atoms with Gasteiger partial charge in [-0.3, -0.25) is 4.79 Å². The Morgan fingerprint density at radius 1 is 1.14 bits per heavy atom. The lowest BCUT2D eigenvalue weighted by molar-refractivity contribution is -0.120. The van der Waals surface area contributed by atoms with Crippen molar-refractivity contribution in [1.29, 1.82) is 0 Å². The maximum absolute atomic E-state index is 12.0. The van der Waals surface area contributed by atoms with Crippen molar-refractivity contribution in [3.8, 4) is 11.5 Å². The van der Waals surface area contributed by atoms with Crippen molar-refractivity contribution in [2.24, 2.45) is 0 Å². The minimum Gasteiger partial charge on any atom is -0.493 e. The van der Waals surface area contributed by atoms with Crippen molar-refractivity contribution in [2.75, 3.05) is 26.8 Å². The molecular formula is C22H29ClN2O4. The zero-order valence-electron chi connectivity index (χ0n) is 16.7. The fourth-order valence-electron chi connectivity index (χ4n) is 3.09. The topological polar surface area (TPSA) is 68.8 Å². The summed E-state index contributed by atoms with van der Waals surface area (Å²) in [6.07, 6.45) is 2.40. The summed E-state index contributed by atoms with van der Waals surface area (Å²) in [4.78, 5) is 12.0. The third kappa shape index (κ3) is 7.57. The second-order valence-electron chi connectivity index (χ2n) is 6.80. The van der Waals surface area contributed by atoms with Crippen molar-refractivity contribution >= 4 is 18.3 Å². The Labute approximate surface area is 178 Å². The van der Waals surface area contributed by atoms with Gasteiger partial charge in [0.15, 0.2) is 11.5 Å². The molecule has 0 radical (unpaired) electrons. The molecule has 29 heavy (non-hydrogen) atoms. The van der Waals surface area contributed by atoms with E-state index < -0.39 is 0 Å². The van der Waals surface area contributed by atoms with Crippen LogP contribution in [0.1, 0.15) is 24.0 Å². The largest absolute Gasteiger partial charge is 0.493 e. The van der Waals surface area contributed by atoms with E-state index in [9.17, 15) is 4.79 Å². The summed E-state index contributed by atoms with van der Waals surface area (Å²) in [5.74, 6) is 1.29. The third-order valence-electron chi connectivity index (χ3n) is 4.64. The molecule has 0 aliphatic carbocycles. The monoisotopic (exact) mass is 420 g/mol. The molecule has 7 heteroatoms. The number of methoxy groups -OCH3 is 1. The van der Waals surface area contributed by atoms with Crippen LogP contribution in [-0.4, -0.2) is 38.8 Å². The van der Waals surface area contributed by atoms with E-state index in [1.807, 2.05) is 48.5 Å². The molecule has 2 aromatic carbocycles. The molecule has 6 nitrogen and oxygen atoms in total. The molecule has 1 saturated heterocycles. The Kier molecular flexibility index (Phi) is 9.77. The van der Waals surface area contributed by atoms with Crippen LogP contribution >= 0.6 is 12.4 Å². The Balaban J connectivity index is 0.00000300. The number of nitrogens with one attached hydrogen (secondary N) is 2. The van der Waals surface area contributed by atoms with Crippen molar-refractivity contribution < 1.29 is 19.0 Å². The Hall–Kier alpha value is -2.28. The van der Waals surface area contributed by atoms with Crippen LogP contribution in [0, 0.1) is 0 Å². The molecule has 1 heterocycles. The number of carbonyl (C=O) groups excluding carboxylic acids is 1. The molecule has 2 aromatic rings. The van der Waals surface area contributed by atoms with Crippen molar-refractivity contribution in [3.63, 3.8) is 0 Å². The lowest BCUT2D eigenvalue weighted by atomic mass is 10.2. The molecule has 1 atom stereocenters. The minimum absolute atomic E-state index is 0. The van der Waals surface area contributed by atoms with Crippen LogP contribution in [0.5, 0.6) is 11.5 Å². The fraction of sp³-hybridized carbons (Fsp3) is 0.409. The van der Waals surface area contributed by atoms with Gasteiger partial charge in [-0.25, -0.2) is 0 Å². The summed E-state index contributed by atoms with van der Waals surface area (Å²) in [5, 5.41) is 6.06. The highest BCUT2D eigenvalue weighted by atomic mass is 35.5. The van der Waals surface area contributed by atoms with E-state index in [2.05, 4.69) is 10.6 Å². The van der Waals surface area contributed by atoms with Gasteiger partial charge in [-0.2, -0.15) is 0 Å². The van der Waals surface area contributed by atoms with E-state index in [1.54, 1.807) is 7.11 Å². The third-order valence-corrected chi connectivity index (χ3v) is 4.64. The number of halogens is 1. The predicted molar refractivity (Wildman–Crippen MR) is 115 cm³/mol. The standard InChI is InChI=1S/C22H28N2O4.ClH/c1-26-21-12-18(9-10-20(21)28-16-17-6-3-2-4-7-17)13-24-22(25)15-23-14-19-8-5-11-27-19;/h2-4,6-7,9-10,12,19,23H,5,8,11,13-16H2,1H3,(H,24,25);1H. The summed E-state index contributed by atoms with van der Waals surface area (Å²) in [5.41, 5.74) is 2.05.